The molecule has 0 spiro atoms. The summed E-state index contributed by atoms with van der Waals surface area (Å²) < 4.78 is 0. The summed E-state index contributed by atoms with van der Waals surface area (Å²) >= 11 is 0. The number of hydrogen-bond acceptors (Lipinski definition) is 5. The fourth-order valence-electron chi connectivity index (χ4n) is 3.32. The number of hydrazone groups is 1. The molecule has 0 aliphatic heterocycles. The number of anilines is 1. The molecule has 6 nitrogen and oxygen atoms in total. The Bertz CT molecular complexity index is 1070. The fourth-order valence-corrected chi connectivity index (χ4v) is 3.32. The lowest BCUT2D eigenvalue weighted by molar-refractivity contribution is 0.0954. The van der Waals surface area contributed by atoms with Crippen LogP contribution in [0.3, 0.4) is 0 Å². The van der Waals surface area contributed by atoms with Gasteiger partial charge >= 0.3 is 0 Å². The Hall–Kier alpha value is -3.41. The molecule has 0 radical (unpaired) electrons. The van der Waals surface area contributed by atoms with E-state index >= 15 is 0 Å². The zero-order valence-corrected chi connectivity index (χ0v) is 17.2. The number of rotatable bonds is 6. The second-order valence-electron chi connectivity index (χ2n) is 6.88. The Labute approximate surface area is 170 Å². The number of benzene rings is 2. The van der Waals surface area contributed by atoms with Gasteiger partial charge in [-0.3, -0.25) is 9.78 Å². The third-order valence-electron chi connectivity index (χ3n) is 5.00. The minimum atomic E-state index is -0.339. The molecule has 1 aromatic heterocycles. The number of aryl methyl sites for hydroxylation is 2. The van der Waals surface area contributed by atoms with Crippen molar-refractivity contribution in [1.82, 2.24) is 10.4 Å². The van der Waals surface area contributed by atoms with Crippen molar-refractivity contribution in [3.8, 4) is 5.75 Å². The highest BCUT2D eigenvalue weighted by Gasteiger charge is 2.12. The van der Waals surface area contributed by atoms with Crippen LogP contribution in [0, 0.1) is 13.8 Å². The van der Waals surface area contributed by atoms with Gasteiger partial charge in [0.1, 0.15) is 5.75 Å². The van der Waals surface area contributed by atoms with E-state index in [4.69, 9.17) is 0 Å². The van der Waals surface area contributed by atoms with E-state index in [2.05, 4.69) is 34.3 Å². The SMILES string of the molecule is CCN(CC)c1ccc(/C=N/NC(=O)c2cc3cccc(C)c3nc2C)c(O)c1. The molecular formula is C23H26N4O2. The summed E-state index contributed by atoms with van der Waals surface area (Å²) in [5, 5.41) is 15.2. The van der Waals surface area contributed by atoms with E-state index in [1.54, 1.807) is 12.1 Å². The van der Waals surface area contributed by atoms with Crippen molar-refractivity contribution in [2.45, 2.75) is 27.7 Å². The van der Waals surface area contributed by atoms with Crippen LogP contribution in [0.1, 0.15) is 41.0 Å². The Morgan fingerprint density at radius 1 is 1.17 bits per heavy atom. The summed E-state index contributed by atoms with van der Waals surface area (Å²) in [6, 6.07) is 13.1. The maximum atomic E-state index is 12.6. The summed E-state index contributed by atoms with van der Waals surface area (Å²) in [6.07, 6.45) is 1.44. The quantitative estimate of drug-likeness (QED) is 0.489. The second kappa shape index (κ2) is 8.73. The average Bonchev–Trinajstić information content (AvgIpc) is 2.70. The van der Waals surface area contributed by atoms with Crippen LogP contribution >= 0.6 is 0 Å². The van der Waals surface area contributed by atoms with Gasteiger partial charge in [0.05, 0.1) is 23.0 Å². The smallest absolute Gasteiger partial charge is 0.273 e. The van der Waals surface area contributed by atoms with Gasteiger partial charge in [0.25, 0.3) is 5.91 Å². The number of para-hydroxylation sites is 1. The largest absolute Gasteiger partial charge is 0.507 e. The lowest BCUT2D eigenvalue weighted by Crippen LogP contribution is -2.21. The number of nitrogens with one attached hydrogen (secondary N) is 1. The minimum Gasteiger partial charge on any atom is -0.507 e. The van der Waals surface area contributed by atoms with E-state index in [-0.39, 0.29) is 11.7 Å². The molecule has 1 heterocycles. The van der Waals surface area contributed by atoms with Crippen molar-refractivity contribution in [2.75, 3.05) is 18.0 Å². The van der Waals surface area contributed by atoms with Gasteiger partial charge in [-0.05, 0) is 51.5 Å². The van der Waals surface area contributed by atoms with Crippen molar-refractivity contribution < 1.29 is 9.90 Å². The third-order valence-corrected chi connectivity index (χ3v) is 5.00. The van der Waals surface area contributed by atoms with Crippen molar-refractivity contribution in [3.05, 3.63) is 64.8 Å². The standard InChI is InChI=1S/C23H26N4O2/c1-5-27(6-2)19-11-10-18(21(28)13-19)14-24-26-23(29)20-12-17-9-7-8-15(3)22(17)25-16(20)4/h7-14,28H,5-6H2,1-4H3,(H,26,29)/b24-14+. The summed E-state index contributed by atoms with van der Waals surface area (Å²) in [4.78, 5) is 19.3. The van der Waals surface area contributed by atoms with Gasteiger partial charge < -0.3 is 10.0 Å². The number of carbonyl (C=O) groups excluding carboxylic acids is 1. The highest BCUT2D eigenvalue weighted by atomic mass is 16.3. The molecule has 0 aliphatic rings. The van der Waals surface area contributed by atoms with Crippen LogP contribution in [0.2, 0.25) is 0 Å². The van der Waals surface area contributed by atoms with Crippen LogP contribution in [-0.2, 0) is 0 Å². The van der Waals surface area contributed by atoms with Crippen LogP contribution in [0.15, 0.2) is 47.6 Å². The molecule has 2 N–H and O–H groups in total. The number of phenols is 1. The van der Waals surface area contributed by atoms with Crippen molar-refractivity contribution in [3.63, 3.8) is 0 Å². The van der Waals surface area contributed by atoms with E-state index in [1.807, 2.05) is 44.2 Å². The first kappa shape index (κ1) is 20.3. The molecule has 0 aliphatic carbocycles. The van der Waals surface area contributed by atoms with Gasteiger partial charge in [0.15, 0.2) is 0 Å². The predicted octanol–water partition coefficient (Wildman–Crippen LogP) is 4.17. The van der Waals surface area contributed by atoms with E-state index in [0.717, 1.165) is 35.2 Å². The van der Waals surface area contributed by atoms with Gasteiger partial charge in [-0.2, -0.15) is 5.10 Å². The topological polar surface area (TPSA) is 77.8 Å². The minimum absolute atomic E-state index is 0.117. The van der Waals surface area contributed by atoms with E-state index in [9.17, 15) is 9.90 Å². The molecule has 3 rings (SSSR count). The van der Waals surface area contributed by atoms with E-state index in [1.165, 1.54) is 6.21 Å². The van der Waals surface area contributed by atoms with Crippen molar-refractivity contribution >= 4 is 28.7 Å². The monoisotopic (exact) mass is 390 g/mol. The Balaban J connectivity index is 1.76. The number of aromatic hydroxyl groups is 1. The summed E-state index contributed by atoms with van der Waals surface area (Å²) in [5.41, 5.74) is 7.08. The molecule has 29 heavy (non-hydrogen) atoms. The zero-order valence-electron chi connectivity index (χ0n) is 17.2. The molecule has 150 valence electrons. The summed E-state index contributed by atoms with van der Waals surface area (Å²) in [5.74, 6) is -0.222. The molecule has 6 heteroatoms. The molecule has 0 fully saturated rings. The normalized spacial score (nSPS) is 11.2. The number of fused-ring (bicyclic) bond motifs is 1. The molecule has 3 aromatic rings. The van der Waals surface area contributed by atoms with Crippen LogP contribution in [0.25, 0.3) is 10.9 Å². The lowest BCUT2D eigenvalue weighted by atomic mass is 10.1. The first-order valence-electron chi connectivity index (χ1n) is 9.73. The van der Waals surface area contributed by atoms with Gasteiger partial charge in [-0.15, -0.1) is 0 Å². The molecule has 0 atom stereocenters. The maximum Gasteiger partial charge on any atom is 0.273 e. The Kier molecular flexibility index (Phi) is 6.12. The highest BCUT2D eigenvalue weighted by Crippen LogP contribution is 2.23. The summed E-state index contributed by atoms with van der Waals surface area (Å²) in [6.45, 7) is 9.65. The number of carbonyl (C=O) groups is 1. The van der Waals surface area contributed by atoms with Gasteiger partial charge in [0.2, 0.25) is 0 Å². The van der Waals surface area contributed by atoms with Gasteiger partial charge in [-0.1, -0.05) is 18.2 Å². The zero-order chi connectivity index (χ0) is 21.0. The summed E-state index contributed by atoms with van der Waals surface area (Å²) in [7, 11) is 0. The number of aromatic nitrogens is 1. The lowest BCUT2D eigenvalue weighted by Gasteiger charge is -2.21. The molecule has 0 saturated carbocycles. The van der Waals surface area contributed by atoms with Crippen molar-refractivity contribution in [2.24, 2.45) is 5.10 Å². The first-order valence-corrected chi connectivity index (χ1v) is 9.73. The highest BCUT2D eigenvalue weighted by molar-refractivity contribution is 5.99. The maximum absolute atomic E-state index is 12.6. The third kappa shape index (κ3) is 4.37. The predicted molar refractivity (Wildman–Crippen MR) is 118 cm³/mol. The van der Waals surface area contributed by atoms with E-state index in [0.29, 0.717) is 16.8 Å². The second-order valence-corrected chi connectivity index (χ2v) is 6.88. The van der Waals surface area contributed by atoms with E-state index < -0.39 is 0 Å². The number of phenolic OH excluding ortho intramolecular Hbond substituents is 1. The first-order chi connectivity index (χ1) is 13.9. The van der Waals surface area contributed by atoms with Gasteiger partial charge in [0, 0.05) is 35.8 Å². The van der Waals surface area contributed by atoms with Crippen LogP contribution in [-0.4, -0.2) is 35.3 Å². The van der Waals surface area contributed by atoms with Crippen LogP contribution < -0.4 is 10.3 Å². The number of hydrogen-bond donors (Lipinski definition) is 2. The molecule has 1 amide bonds. The number of nitrogens with zero attached hydrogens (tertiary/aromatic N) is 3. The fraction of sp³-hybridized carbons (Fsp3) is 0.261. The Morgan fingerprint density at radius 3 is 2.62 bits per heavy atom. The van der Waals surface area contributed by atoms with Crippen LogP contribution in [0.4, 0.5) is 5.69 Å². The molecular weight excluding hydrogens is 364 g/mol. The molecule has 0 bridgehead atoms. The van der Waals surface area contributed by atoms with Crippen LogP contribution in [0.5, 0.6) is 5.75 Å². The molecule has 2 aromatic carbocycles. The van der Waals surface area contributed by atoms with Crippen molar-refractivity contribution in [1.29, 1.82) is 0 Å². The average molecular weight is 390 g/mol. The number of amides is 1. The number of pyridine rings is 1. The van der Waals surface area contributed by atoms with Gasteiger partial charge in [-0.25, -0.2) is 5.43 Å². The molecule has 0 unspecified atom stereocenters. The Morgan fingerprint density at radius 2 is 1.93 bits per heavy atom. The molecule has 0 saturated heterocycles.